The highest BCUT2D eigenvalue weighted by Crippen LogP contribution is 1.90. The van der Waals surface area contributed by atoms with Crippen LogP contribution in [0.5, 0.6) is 0 Å². The summed E-state index contributed by atoms with van der Waals surface area (Å²) in [6, 6.07) is -0.706. The van der Waals surface area contributed by atoms with Crippen LogP contribution in [0.25, 0.3) is 0 Å². The molecule has 0 aromatic heterocycles. The van der Waals surface area contributed by atoms with Gasteiger partial charge >= 0.3 is 5.97 Å². The summed E-state index contributed by atoms with van der Waals surface area (Å²) in [5.74, 6) is -0.755. The Morgan fingerprint density at radius 2 is 2.08 bits per heavy atom. The summed E-state index contributed by atoms with van der Waals surface area (Å²) in [5.41, 5.74) is 0. The number of hydrogen-bond donors (Lipinski definition) is 1. The minimum Gasteiger partial charge on any atom is -0.464 e. The number of carbonyl (C=O) groups is 2. The zero-order valence-corrected chi connectivity index (χ0v) is 8.12. The summed E-state index contributed by atoms with van der Waals surface area (Å²) in [7, 11) is 1.45. The van der Waals surface area contributed by atoms with Crippen molar-refractivity contribution in [3.05, 3.63) is 0 Å². The van der Waals surface area contributed by atoms with Gasteiger partial charge in [-0.3, -0.25) is 4.79 Å². The zero-order chi connectivity index (χ0) is 10.3. The van der Waals surface area contributed by atoms with Crippen molar-refractivity contribution < 1.29 is 19.1 Å². The minimum atomic E-state index is -0.706. The Morgan fingerprint density at radius 1 is 1.46 bits per heavy atom. The Balaban J connectivity index is 4.06. The largest absolute Gasteiger partial charge is 0.464 e. The van der Waals surface area contributed by atoms with E-state index in [2.05, 4.69) is 5.32 Å². The van der Waals surface area contributed by atoms with Gasteiger partial charge in [0.1, 0.15) is 0 Å². The molecule has 5 nitrogen and oxygen atoms in total. The third kappa shape index (κ3) is 5.19. The Labute approximate surface area is 77.4 Å². The predicted octanol–water partition coefficient (Wildman–Crippen LogP) is -0.299. The molecule has 0 fully saturated rings. The zero-order valence-electron chi connectivity index (χ0n) is 8.12. The van der Waals surface area contributed by atoms with Crippen LogP contribution in [0.3, 0.4) is 0 Å². The van der Waals surface area contributed by atoms with E-state index in [1.54, 1.807) is 6.92 Å². The molecule has 0 bridgehead atoms. The van der Waals surface area contributed by atoms with Crippen LogP contribution in [0.4, 0.5) is 0 Å². The topological polar surface area (TPSA) is 64.6 Å². The summed E-state index contributed by atoms with van der Waals surface area (Å²) in [4.78, 5) is 21.8. The van der Waals surface area contributed by atoms with Crippen molar-refractivity contribution in [1.82, 2.24) is 5.32 Å². The van der Waals surface area contributed by atoms with Crippen LogP contribution in [0, 0.1) is 0 Å². The number of amides is 1. The van der Waals surface area contributed by atoms with Gasteiger partial charge in [0, 0.05) is 14.0 Å². The van der Waals surface area contributed by atoms with Gasteiger partial charge in [0.05, 0.1) is 13.2 Å². The fourth-order valence-corrected chi connectivity index (χ4v) is 0.824. The van der Waals surface area contributed by atoms with E-state index in [4.69, 9.17) is 9.47 Å². The Hall–Kier alpha value is -1.10. The third-order valence-electron chi connectivity index (χ3n) is 1.28. The van der Waals surface area contributed by atoms with Crippen LogP contribution in [0.1, 0.15) is 13.8 Å². The van der Waals surface area contributed by atoms with Gasteiger partial charge in [0.2, 0.25) is 5.91 Å². The highest BCUT2D eigenvalue weighted by molar-refractivity contribution is 5.83. The first-order valence-corrected chi connectivity index (χ1v) is 4.04. The lowest BCUT2D eigenvalue weighted by atomic mass is 10.3. The molecule has 0 aliphatic rings. The summed E-state index contributed by atoms with van der Waals surface area (Å²) >= 11 is 0. The number of nitrogens with one attached hydrogen (secondary N) is 1. The van der Waals surface area contributed by atoms with Gasteiger partial charge in [-0.05, 0) is 6.92 Å². The molecule has 0 saturated carbocycles. The van der Waals surface area contributed by atoms with Crippen molar-refractivity contribution in [3.8, 4) is 0 Å². The summed E-state index contributed by atoms with van der Waals surface area (Å²) < 4.78 is 9.48. The molecule has 5 heteroatoms. The fourth-order valence-electron chi connectivity index (χ4n) is 0.824. The van der Waals surface area contributed by atoms with Crippen LogP contribution in [-0.2, 0) is 19.1 Å². The molecular formula is C8H15NO4. The van der Waals surface area contributed by atoms with Gasteiger partial charge in [-0.25, -0.2) is 4.79 Å². The highest BCUT2D eigenvalue weighted by atomic mass is 16.5. The number of ether oxygens (including phenoxy) is 2. The van der Waals surface area contributed by atoms with E-state index in [0.717, 1.165) is 0 Å². The van der Waals surface area contributed by atoms with Gasteiger partial charge < -0.3 is 14.8 Å². The molecule has 0 aliphatic carbocycles. The molecule has 0 aromatic rings. The molecule has 0 aliphatic heterocycles. The van der Waals surface area contributed by atoms with E-state index in [9.17, 15) is 9.59 Å². The van der Waals surface area contributed by atoms with Crippen molar-refractivity contribution in [3.63, 3.8) is 0 Å². The first-order chi connectivity index (χ1) is 6.11. The van der Waals surface area contributed by atoms with Gasteiger partial charge in [0.25, 0.3) is 0 Å². The molecule has 76 valence electrons. The molecule has 1 N–H and O–H groups in total. The maximum atomic E-state index is 11.2. The SMILES string of the molecule is CCOC(=O)[C@@H](COC)NC(C)=O. The van der Waals surface area contributed by atoms with Gasteiger partial charge in [0.15, 0.2) is 6.04 Å². The average molecular weight is 189 g/mol. The molecule has 0 spiro atoms. The van der Waals surface area contributed by atoms with E-state index in [1.807, 2.05) is 0 Å². The lowest BCUT2D eigenvalue weighted by Gasteiger charge is -2.14. The molecule has 0 aromatic carbocycles. The molecule has 0 radical (unpaired) electrons. The molecule has 0 saturated heterocycles. The summed E-state index contributed by atoms with van der Waals surface area (Å²) in [5, 5.41) is 2.43. The van der Waals surface area contributed by atoms with Crippen molar-refractivity contribution >= 4 is 11.9 Å². The van der Waals surface area contributed by atoms with E-state index < -0.39 is 12.0 Å². The van der Waals surface area contributed by atoms with Crippen molar-refractivity contribution in [1.29, 1.82) is 0 Å². The number of hydrogen-bond acceptors (Lipinski definition) is 4. The third-order valence-corrected chi connectivity index (χ3v) is 1.28. The van der Waals surface area contributed by atoms with Crippen molar-refractivity contribution in [2.75, 3.05) is 20.3 Å². The lowest BCUT2D eigenvalue weighted by molar-refractivity contribution is -0.148. The standard InChI is InChI=1S/C8H15NO4/c1-4-13-8(11)7(5-12-3)9-6(2)10/h7H,4-5H2,1-3H3,(H,9,10)/t7-/m1/s1. The average Bonchev–Trinajstić information content (AvgIpc) is 2.03. The maximum Gasteiger partial charge on any atom is 0.331 e. The number of methoxy groups -OCH3 is 1. The Morgan fingerprint density at radius 3 is 2.46 bits per heavy atom. The normalized spacial score (nSPS) is 11.9. The second kappa shape index (κ2) is 6.42. The second-order valence-electron chi connectivity index (χ2n) is 2.46. The van der Waals surface area contributed by atoms with E-state index in [-0.39, 0.29) is 12.5 Å². The summed E-state index contributed by atoms with van der Waals surface area (Å²) in [6.45, 7) is 3.45. The number of esters is 1. The van der Waals surface area contributed by atoms with Crippen LogP contribution >= 0.6 is 0 Å². The van der Waals surface area contributed by atoms with E-state index in [0.29, 0.717) is 6.61 Å². The molecule has 0 rings (SSSR count). The molecule has 1 amide bonds. The quantitative estimate of drug-likeness (QED) is 0.603. The number of carbonyl (C=O) groups excluding carboxylic acids is 2. The van der Waals surface area contributed by atoms with Gasteiger partial charge in [-0.1, -0.05) is 0 Å². The van der Waals surface area contributed by atoms with Crippen molar-refractivity contribution in [2.45, 2.75) is 19.9 Å². The Kier molecular flexibility index (Phi) is 5.88. The molecule has 0 heterocycles. The van der Waals surface area contributed by atoms with E-state index in [1.165, 1.54) is 14.0 Å². The van der Waals surface area contributed by atoms with Crippen LogP contribution in [-0.4, -0.2) is 38.2 Å². The second-order valence-corrected chi connectivity index (χ2v) is 2.46. The van der Waals surface area contributed by atoms with Crippen LogP contribution in [0.15, 0.2) is 0 Å². The molecule has 0 unspecified atom stereocenters. The smallest absolute Gasteiger partial charge is 0.331 e. The molecule has 1 atom stereocenters. The van der Waals surface area contributed by atoms with Crippen molar-refractivity contribution in [2.24, 2.45) is 0 Å². The fraction of sp³-hybridized carbons (Fsp3) is 0.750. The van der Waals surface area contributed by atoms with Gasteiger partial charge in [-0.15, -0.1) is 0 Å². The summed E-state index contributed by atoms with van der Waals surface area (Å²) in [6.07, 6.45) is 0. The molecular weight excluding hydrogens is 174 g/mol. The van der Waals surface area contributed by atoms with Crippen LogP contribution < -0.4 is 5.32 Å². The molecule has 13 heavy (non-hydrogen) atoms. The number of rotatable bonds is 5. The Bertz CT molecular complexity index is 181. The first kappa shape index (κ1) is 11.9. The lowest BCUT2D eigenvalue weighted by Crippen LogP contribution is -2.43. The maximum absolute atomic E-state index is 11.2. The highest BCUT2D eigenvalue weighted by Gasteiger charge is 2.19. The monoisotopic (exact) mass is 189 g/mol. The first-order valence-electron chi connectivity index (χ1n) is 4.04. The van der Waals surface area contributed by atoms with Crippen LogP contribution in [0.2, 0.25) is 0 Å². The predicted molar refractivity (Wildman–Crippen MR) is 46.1 cm³/mol. The minimum absolute atomic E-state index is 0.123. The van der Waals surface area contributed by atoms with Gasteiger partial charge in [-0.2, -0.15) is 0 Å². The van der Waals surface area contributed by atoms with E-state index >= 15 is 0 Å².